The van der Waals surface area contributed by atoms with Crippen molar-refractivity contribution in [1.82, 2.24) is 14.8 Å². The van der Waals surface area contributed by atoms with Crippen molar-refractivity contribution in [3.8, 4) is 0 Å². The van der Waals surface area contributed by atoms with E-state index in [0.717, 1.165) is 4.68 Å². The molecule has 0 radical (unpaired) electrons. The summed E-state index contributed by atoms with van der Waals surface area (Å²) in [6.45, 7) is 6.51. The van der Waals surface area contributed by atoms with Crippen LogP contribution in [0.25, 0.3) is 0 Å². The van der Waals surface area contributed by atoms with Gasteiger partial charge in [0.1, 0.15) is 18.5 Å². The van der Waals surface area contributed by atoms with Crippen LogP contribution in [0, 0.1) is 11.8 Å². The molecule has 0 aromatic carbocycles. The molecule has 156 valence electrons. The van der Waals surface area contributed by atoms with E-state index in [9.17, 15) is 14.4 Å². The lowest BCUT2D eigenvalue weighted by Gasteiger charge is -2.32. The number of halogens is 1. The lowest BCUT2D eigenvalue weighted by Crippen LogP contribution is -2.49. The summed E-state index contributed by atoms with van der Waals surface area (Å²) in [6, 6.07) is 0. The topological polar surface area (TPSA) is 136 Å². The summed E-state index contributed by atoms with van der Waals surface area (Å²) in [4.78, 5) is 39.8. The summed E-state index contributed by atoms with van der Waals surface area (Å²) >= 11 is 6.15. The summed E-state index contributed by atoms with van der Waals surface area (Å²) in [6.07, 6.45) is -0.472. The lowest BCUT2D eigenvalue weighted by molar-refractivity contribution is -0.177. The zero-order chi connectivity index (χ0) is 21.1. The SMILES string of the molecule is CC(C)C(=O)OCC1(CCl)OC(n2ncc(N)nc2=O)CC1OC(=O)C(C)C. The number of anilines is 1. The third kappa shape index (κ3) is 4.79. The van der Waals surface area contributed by atoms with Gasteiger partial charge in [-0.05, 0) is 0 Å². The van der Waals surface area contributed by atoms with Gasteiger partial charge in [-0.1, -0.05) is 27.7 Å². The number of nitrogens with two attached hydrogens (primary N) is 1. The van der Waals surface area contributed by atoms with E-state index in [2.05, 4.69) is 10.1 Å². The number of aromatic nitrogens is 3. The fraction of sp³-hybridized carbons (Fsp3) is 0.706. The standard InChI is InChI=1S/C17H25ClN4O6/c1-9(2)14(23)26-8-17(7-18)11(27-15(24)10(3)4)5-13(28-17)22-16(25)21-12(19)6-20-22/h6,9-11,13H,5,7-8H2,1-4H3,(H2,19,21,25). The second-order valence-electron chi connectivity index (χ2n) is 7.26. The van der Waals surface area contributed by atoms with Crippen LogP contribution in [0.3, 0.4) is 0 Å². The van der Waals surface area contributed by atoms with Crippen LogP contribution in [0.4, 0.5) is 5.82 Å². The lowest BCUT2D eigenvalue weighted by atomic mass is 9.99. The van der Waals surface area contributed by atoms with Crippen molar-refractivity contribution in [2.24, 2.45) is 11.8 Å². The Bertz CT molecular complexity index is 783. The molecule has 0 bridgehead atoms. The van der Waals surface area contributed by atoms with Crippen LogP contribution in [-0.4, -0.2) is 50.9 Å². The molecule has 2 heterocycles. The molecule has 1 aliphatic rings. The number of hydrogen-bond donors (Lipinski definition) is 1. The Morgan fingerprint density at radius 2 is 2.00 bits per heavy atom. The van der Waals surface area contributed by atoms with E-state index in [0.29, 0.717) is 0 Å². The van der Waals surface area contributed by atoms with Crippen LogP contribution in [0.2, 0.25) is 0 Å². The number of carbonyl (C=O) groups excluding carboxylic acids is 2. The number of ether oxygens (including phenoxy) is 3. The van der Waals surface area contributed by atoms with E-state index in [-0.39, 0.29) is 36.6 Å². The second-order valence-corrected chi connectivity index (χ2v) is 7.52. The van der Waals surface area contributed by atoms with E-state index >= 15 is 0 Å². The zero-order valence-corrected chi connectivity index (χ0v) is 17.0. The molecule has 3 atom stereocenters. The number of nitrogen functional groups attached to an aromatic ring is 1. The molecule has 0 amide bonds. The van der Waals surface area contributed by atoms with Crippen molar-refractivity contribution in [2.75, 3.05) is 18.2 Å². The molecule has 1 aromatic rings. The Morgan fingerprint density at radius 1 is 1.36 bits per heavy atom. The minimum absolute atomic E-state index is 0.0310. The second kappa shape index (κ2) is 8.87. The van der Waals surface area contributed by atoms with Gasteiger partial charge in [-0.15, -0.1) is 11.6 Å². The largest absolute Gasteiger partial charge is 0.462 e. The zero-order valence-electron chi connectivity index (χ0n) is 16.3. The molecule has 0 saturated carbocycles. The average Bonchev–Trinajstić information content (AvgIpc) is 2.97. The first-order chi connectivity index (χ1) is 13.1. The molecule has 10 nitrogen and oxygen atoms in total. The highest BCUT2D eigenvalue weighted by Gasteiger charge is 2.53. The highest BCUT2D eigenvalue weighted by molar-refractivity contribution is 6.18. The van der Waals surface area contributed by atoms with Gasteiger partial charge in [0.25, 0.3) is 0 Å². The van der Waals surface area contributed by atoms with E-state index in [4.69, 9.17) is 31.5 Å². The van der Waals surface area contributed by atoms with E-state index in [1.54, 1.807) is 27.7 Å². The molecule has 28 heavy (non-hydrogen) atoms. The van der Waals surface area contributed by atoms with Crippen molar-refractivity contribution in [3.63, 3.8) is 0 Å². The molecule has 3 unspecified atom stereocenters. The van der Waals surface area contributed by atoms with Crippen LogP contribution in [0.5, 0.6) is 0 Å². The van der Waals surface area contributed by atoms with Gasteiger partial charge in [-0.3, -0.25) is 9.59 Å². The van der Waals surface area contributed by atoms with Crippen LogP contribution < -0.4 is 11.4 Å². The first-order valence-electron chi connectivity index (χ1n) is 8.92. The Morgan fingerprint density at radius 3 is 2.54 bits per heavy atom. The minimum Gasteiger partial charge on any atom is -0.462 e. The number of hydrogen-bond acceptors (Lipinski definition) is 9. The summed E-state index contributed by atoms with van der Waals surface area (Å²) in [5.74, 6) is -1.82. The molecule has 1 saturated heterocycles. The molecule has 11 heteroatoms. The van der Waals surface area contributed by atoms with Gasteiger partial charge < -0.3 is 19.9 Å². The van der Waals surface area contributed by atoms with Gasteiger partial charge in [0.2, 0.25) is 0 Å². The molecule has 2 rings (SSSR count). The molecule has 0 spiro atoms. The molecule has 1 aliphatic heterocycles. The van der Waals surface area contributed by atoms with Crippen LogP contribution >= 0.6 is 11.6 Å². The smallest absolute Gasteiger partial charge is 0.368 e. The molecule has 2 N–H and O–H groups in total. The van der Waals surface area contributed by atoms with Gasteiger partial charge in [0.05, 0.1) is 23.9 Å². The number of carbonyl (C=O) groups is 2. The predicted molar refractivity (Wildman–Crippen MR) is 99.4 cm³/mol. The first-order valence-corrected chi connectivity index (χ1v) is 9.45. The number of nitrogens with zero attached hydrogens (tertiary/aromatic N) is 3. The summed E-state index contributed by atoms with van der Waals surface area (Å²) < 4.78 is 17.8. The van der Waals surface area contributed by atoms with Gasteiger partial charge in [0.15, 0.2) is 11.8 Å². The third-order valence-electron chi connectivity index (χ3n) is 4.27. The van der Waals surface area contributed by atoms with E-state index < -0.39 is 35.6 Å². The fourth-order valence-corrected chi connectivity index (χ4v) is 2.89. The fourth-order valence-electron chi connectivity index (χ4n) is 2.58. The maximum absolute atomic E-state index is 12.2. The Kier molecular flexibility index (Phi) is 7.00. The Labute approximate surface area is 167 Å². The highest BCUT2D eigenvalue weighted by Crippen LogP contribution is 2.39. The van der Waals surface area contributed by atoms with Crippen molar-refractivity contribution in [2.45, 2.75) is 52.0 Å². The number of rotatable bonds is 7. The monoisotopic (exact) mass is 416 g/mol. The maximum atomic E-state index is 12.2. The van der Waals surface area contributed by atoms with E-state index in [1.807, 2.05) is 0 Å². The number of alkyl halides is 1. The third-order valence-corrected chi connectivity index (χ3v) is 4.72. The number of esters is 2. The minimum atomic E-state index is -1.33. The molecule has 1 fully saturated rings. The van der Waals surface area contributed by atoms with Crippen molar-refractivity contribution in [3.05, 3.63) is 16.7 Å². The highest BCUT2D eigenvalue weighted by atomic mass is 35.5. The maximum Gasteiger partial charge on any atom is 0.368 e. The summed E-state index contributed by atoms with van der Waals surface area (Å²) in [7, 11) is 0. The van der Waals surface area contributed by atoms with Gasteiger partial charge in [0, 0.05) is 6.42 Å². The predicted octanol–water partition coefficient (Wildman–Crippen LogP) is 0.884. The molecular weight excluding hydrogens is 392 g/mol. The van der Waals surface area contributed by atoms with Gasteiger partial charge in [-0.2, -0.15) is 14.8 Å². The Balaban J connectivity index is 2.32. The van der Waals surface area contributed by atoms with Crippen molar-refractivity contribution < 1.29 is 23.8 Å². The van der Waals surface area contributed by atoms with Crippen LogP contribution in [-0.2, 0) is 23.8 Å². The van der Waals surface area contributed by atoms with Crippen LogP contribution in [0.15, 0.2) is 11.0 Å². The molecule has 1 aromatic heterocycles. The molecule has 0 aliphatic carbocycles. The van der Waals surface area contributed by atoms with Crippen molar-refractivity contribution in [1.29, 1.82) is 0 Å². The normalized spacial score (nSPS) is 24.5. The van der Waals surface area contributed by atoms with Crippen molar-refractivity contribution >= 4 is 29.4 Å². The Hall–Kier alpha value is -2.20. The first kappa shape index (κ1) is 22.1. The van der Waals surface area contributed by atoms with Crippen LogP contribution in [0.1, 0.15) is 40.3 Å². The molecular formula is C17H25ClN4O6. The van der Waals surface area contributed by atoms with Gasteiger partial charge >= 0.3 is 17.6 Å². The van der Waals surface area contributed by atoms with E-state index in [1.165, 1.54) is 6.20 Å². The summed E-state index contributed by atoms with van der Waals surface area (Å²) in [5.41, 5.74) is 3.42. The average molecular weight is 417 g/mol. The van der Waals surface area contributed by atoms with Gasteiger partial charge in [-0.25, -0.2) is 4.79 Å². The quantitative estimate of drug-likeness (QED) is 0.507. The summed E-state index contributed by atoms with van der Waals surface area (Å²) in [5, 5.41) is 3.93.